The molecule has 13 heavy (non-hydrogen) atoms. The summed E-state index contributed by atoms with van der Waals surface area (Å²) >= 11 is 1.92. The SMILES string of the molecule is CC(C)(C=O)c1ccc(I)c(F)c1. The van der Waals surface area contributed by atoms with E-state index in [0.29, 0.717) is 9.13 Å². The van der Waals surface area contributed by atoms with Crippen LogP contribution in [-0.2, 0) is 10.2 Å². The second-order valence-electron chi connectivity index (χ2n) is 3.47. The molecule has 0 aliphatic heterocycles. The first-order valence-corrected chi connectivity index (χ1v) is 4.97. The summed E-state index contributed by atoms with van der Waals surface area (Å²) < 4.78 is 13.7. The molecular weight excluding hydrogens is 282 g/mol. The molecule has 0 unspecified atom stereocenters. The number of carbonyl (C=O) groups is 1. The van der Waals surface area contributed by atoms with Crippen LogP contribution < -0.4 is 0 Å². The monoisotopic (exact) mass is 292 g/mol. The second kappa shape index (κ2) is 3.74. The summed E-state index contributed by atoms with van der Waals surface area (Å²) in [7, 11) is 0. The number of benzene rings is 1. The van der Waals surface area contributed by atoms with Crippen molar-refractivity contribution in [1.29, 1.82) is 0 Å². The Bertz CT molecular complexity index is 334. The molecule has 0 bridgehead atoms. The van der Waals surface area contributed by atoms with Crippen molar-refractivity contribution in [3.8, 4) is 0 Å². The van der Waals surface area contributed by atoms with Crippen LogP contribution in [0.15, 0.2) is 18.2 Å². The van der Waals surface area contributed by atoms with Gasteiger partial charge in [0.15, 0.2) is 0 Å². The van der Waals surface area contributed by atoms with Crippen LogP contribution in [0.3, 0.4) is 0 Å². The van der Waals surface area contributed by atoms with Gasteiger partial charge < -0.3 is 4.79 Å². The molecular formula is C10H10FIO. The van der Waals surface area contributed by atoms with Gasteiger partial charge in [0.1, 0.15) is 12.1 Å². The van der Waals surface area contributed by atoms with Gasteiger partial charge in [-0.05, 0) is 54.1 Å². The van der Waals surface area contributed by atoms with E-state index in [9.17, 15) is 9.18 Å². The fourth-order valence-electron chi connectivity index (χ4n) is 0.965. The van der Waals surface area contributed by atoms with Crippen molar-refractivity contribution in [3.63, 3.8) is 0 Å². The fourth-order valence-corrected chi connectivity index (χ4v) is 1.30. The van der Waals surface area contributed by atoms with Gasteiger partial charge in [0, 0.05) is 8.99 Å². The molecule has 0 aromatic heterocycles. The highest BCUT2D eigenvalue weighted by atomic mass is 127. The molecule has 3 heteroatoms. The molecule has 1 nitrogen and oxygen atoms in total. The Morgan fingerprint density at radius 3 is 2.54 bits per heavy atom. The zero-order valence-electron chi connectivity index (χ0n) is 7.47. The molecule has 0 saturated carbocycles. The lowest BCUT2D eigenvalue weighted by Crippen LogP contribution is -2.18. The quantitative estimate of drug-likeness (QED) is 0.605. The van der Waals surface area contributed by atoms with Crippen molar-refractivity contribution < 1.29 is 9.18 Å². The van der Waals surface area contributed by atoms with Crippen molar-refractivity contribution in [3.05, 3.63) is 33.1 Å². The van der Waals surface area contributed by atoms with Gasteiger partial charge in [-0.2, -0.15) is 0 Å². The summed E-state index contributed by atoms with van der Waals surface area (Å²) in [6.45, 7) is 3.53. The minimum atomic E-state index is -0.606. The van der Waals surface area contributed by atoms with E-state index in [2.05, 4.69) is 0 Å². The summed E-state index contributed by atoms with van der Waals surface area (Å²) in [6.07, 6.45) is 0.828. The van der Waals surface area contributed by atoms with Crippen LogP contribution in [-0.4, -0.2) is 6.29 Å². The van der Waals surface area contributed by atoms with Crippen molar-refractivity contribution in [2.45, 2.75) is 19.3 Å². The molecule has 70 valence electrons. The van der Waals surface area contributed by atoms with E-state index in [4.69, 9.17) is 0 Å². The minimum Gasteiger partial charge on any atom is -0.302 e. The lowest BCUT2D eigenvalue weighted by molar-refractivity contribution is -0.111. The van der Waals surface area contributed by atoms with E-state index >= 15 is 0 Å². The van der Waals surface area contributed by atoms with E-state index in [0.717, 1.165) is 6.29 Å². The van der Waals surface area contributed by atoms with Crippen molar-refractivity contribution in [2.75, 3.05) is 0 Å². The first kappa shape index (κ1) is 10.6. The summed E-state index contributed by atoms with van der Waals surface area (Å²) in [6, 6.07) is 4.87. The summed E-state index contributed by atoms with van der Waals surface area (Å²) in [5.41, 5.74) is 0.103. The van der Waals surface area contributed by atoms with Crippen LogP contribution in [0.1, 0.15) is 19.4 Å². The maximum Gasteiger partial charge on any atom is 0.136 e. The van der Waals surface area contributed by atoms with Crippen molar-refractivity contribution in [1.82, 2.24) is 0 Å². The van der Waals surface area contributed by atoms with Gasteiger partial charge >= 0.3 is 0 Å². The van der Waals surface area contributed by atoms with Gasteiger partial charge in [-0.3, -0.25) is 0 Å². The molecule has 1 aromatic rings. The Morgan fingerprint density at radius 1 is 1.46 bits per heavy atom. The zero-order chi connectivity index (χ0) is 10.1. The van der Waals surface area contributed by atoms with E-state index in [1.165, 1.54) is 6.07 Å². The van der Waals surface area contributed by atoms with Crippen LogP contribution in [0.2, 0.25) is 0 Å². The molecule has 0 radical (unpaired) electrons. The second-order valence-corrected chi connectivity index (χ2v) is 4.63. The summed E-state index contributed by atoms with van der Waals surface area (Å²) in [5.74, 6) is -0.270. The number of carbonyl (C=O) groups excluding carboxylic acids is 1. The molecule has 0 heterocycles. The third kappa shape index (κ3) is 2.27. The van der Waals surface area contributed by atoms with E-state index < -0.39 is 5.41 Å². The summed E-state index contributed by atoms with van der Waals surface area (Å²) in [5, 5.41) is 0. The van der Waals surface area contributed by atoms with Crippen molar-refractivity contribution in [2.24, 2.45) is 0 Å². The van der Waals surface area contributed by atoms with Crippen LogP contribution in [0.4, 0.5) is 4.39 Å². The Morgan fingerprint density at radius 2 is 2.08 bits per heavy atom. The lowest BCUT2D eigenvalue weighted by atomic mass is 9.86. The van der Waals surface area contributed by atoms with E-state index in [1.807, 2.05) is 22.6 Å². The Kier molecular flexibility index (Phi) is 3.05. The number of hydrogen-bond donors (Lipinski definition) is 0. The molecule has 1 rings (SSSR count). The fraction of sp³-hybridized carbons (Fsp3) is 0.300. The topological polar surface area (TPSA) is 17.1 Å². The molecule has 1 aromatic carbocycles. The molecule has 0 amide bonds. The normalized spacial score (nSPS) is 11.4. The van der Waals surface area contributed by atoms with Gasteiger partial charge in [0.25, 0.3) is 0 Å². The molecule has 0 aliphatic carbocycles. The Hall–Kier alpha value is -0.450. The molecule has 0 saturated heterocycles. The van der Waals surface area contributed by atoms with E-state index in [-0.39, 0.29) is 5.82 Å². The third-order valence-electron chi connectivity index (χ3n) is 1.96. The maximum absolute atomic E-state index is 13.1. The molecule has 0 atom stereocenters. The largest absolute Gasteiger partial charge is 0.302 e. The standard InChI is InChI=1S/C10H10FIO/c1-10(2,6-13)7-3-4-9(12)8(11)5-7/h3-6H,1-2H3. The smallest absolute Gasteiger partial charge is 0.136 e. The highest BCUT2D eigenvalue weighted by molar-refractivity contribution is 14.1. The highest BCUT2D eigenvalue weighted by Gasteiger charge is 2.20. The average Bonchev–Trinajstić information content (AvgIpc) is 2.09. The molecule has 0 N–H and O–H groups in total. The Labute approximate surface area is 90.5 Å². The zero-order valence-corrected chi connectivity index (χ0v) is 9.63. The van der Waals surface area contributed by atoms with Crippen molar-refractivity contribution >= 4 is 28.9 Å². The predicted octanol–water partition coefficient (Wildman–Crippen LogP) is 2.91. The van der Waals surface area contributed by atoms with Gasteiger partial charge in [-0.15, -0.1) is 0 Å². The highest BCUT2D eigenvalue weighted by Crippen LogP contribution is 2.23. The predicted molar refractivity (Wildman–Crippen MR) is 58.2 cm³/mol. The van der Waals surface area contributed by atoms with Crippen LogP contribution >= 0.6 is 22.6 Å². The maximum atomic E-state index is 13.1. The number of hydrogen-bond acceptors (Lipinski definition) is 1. The van der Waals surface area contributed by atoms with E-state index in [1.54, 1.807) is 26.0 Å². The van der Waals surface area contributed by atoms with Gasteiger partial charge in [-0.1, -0.05) is 6.07 Å². The van der Waals surface area contributed by atoms with Crippen LogP contribution in [0, 0.1) is 9.39 Å². The first-order valence-electron chi connectivity index (χ1n) is 3.89. The molecule has 0 fully saturated rings. The number of halogens is 2. The summed E-state index contributed by atoms with van der Waals surface area (Å²) in [4.78, 5) is 10.7. The number of rotatable bonds is 2. The first-order chi connectivity index (χ1) is 5.97. The lowest BCUT2D eigenvalue weighted by Gasteiger charge is -2.17. The molecule has 0 spiro atoms. The third-order valence-corrected chi connectivity index (χ3v) is 2.83. The van der Waals surface area contributed by atoms with Crippen LogP contribution in [0.5, 0.6) is 0 Å². The number of aldehydes is 1. The van der Waals surface area contributed by atoms with Gasteiger partial charge in [0.05, 0.1) is 0 Å². The Balaban J connectivity index is 3.18. The van der Waals surface area contributed by atoms with Gasteiger partial charge in [-0.25, -0.2) is 4.39 Å². The van der Waals surface area contributed by atoms with Gasteiger partial charge in [0.2, 0.25) is 0 Å². The average molecular weight is 292 g/mol. The molecule has 0 aliphatic rings. The van der Waals surface area contributed by atoms with Crippen LogP contribution in [0.25, 0.3) is 0 Å². The minimum absolute atomic E-state index is 0.270.